The van der Waals surface area contributed by atoms with E-state index in [1.807, 2.05) is 36.5 Å². The van der Waals surface area contributed by atoms with E-state index in [1.54, 1.807) is 0 Å². The lowest BCUT2D eigenvalue weighted by molar-refractivity contribution is 0.569. The number of hydrogen-bond donors (Lipinski definition) is 2. The first-order chi connectivity index (χ1) is 43.2. The van der Waals surface area contributed by atoms with Crippen molar-refractivity contribution in [2.75, 3.05) is 20.4 Å². The minimum Gasteiger partial charge on any atom is -0.354 e. The maximum Gasteiger partial charge on any atom is 0.137 e. The summed E-state index contributed by atoms with van der Waals surface area (Å²) in [5, 5.41) is 7.85. The van der Waals surface area contributed by atoms with Crippen LogP contribution in [0.2, 0.25) is 0 Å². The molecule has 0 saturated carbocycles. The van der Waals surface area contributed by atoms with E-state index in [-0.39, 0.29) is 33.9 Å². The molecular formula is C81H79N5. The molecule has 11 aromatic rings. The summed E-state index contributed by atoms with van der Waals surface area (Å²) in [6, 6.07) is 73.5. The van der Waals surface area contributed by atoms with Crippen molar-refractivity contribution in [3.63, 3.8) is 0 Å². The molecule has 0 fully saturated rings. The van der Waals surface area contributed by atoms with Crippen LogP contribution in [0.3, 0.4) is 0 Å². The molecular weight excluding hydrogens is 1040 g/mol. The summed E-state index contributed by atoms with van der Waals surface area (Å²) in [6.07, 6.45) is 1.93. The Morgan fingerprint density at radius 2 is 0.895 bits per heavy atom. The molecule has 0 atom stereocenters. The van der Waals surface area contributed by atoms with Crippen molar-refractivity contribution in [1.29, 1.82) is 0 Å². The van der Waals surface area contributed by atoms with Gasteiger partial charge in [0.15, 0.2) is 0 Å². The molecule has 0 saturated heterocycles. The largest absolute Gasteiger partial charge is 0.354 e. The van der Waals surface area contributed by atoms with Crippen molar-refractivity contribution in [1.82, 2.24) is 4.98 Å². The molecule has 12 rings (SSSR count). The van der Waals surface area contributed by atoms with Crippen LogP contribution in [-0.2, 0) is 21.7 Å². The van der Waals surface area contributed by atoms with Gasteiger partial charge >= 0.3 is 0 Å². The molecule has 10 aromatic carbocycles. The highest BCUT2D eigenvalue weighted by Crippen LogP contribution is 2.53. The Hall–Kier alpha value is -9.45. The molecule has 0 unspecified atom stereocenters. The molecule has 2 N–H and O–H groups in total. The lowest BCUT2D eigenvalue weighted by Crippen LogP contribution is -2.17. The second-order valence-corrected chi connectivity index (χ2v) is 26.8. The third kappa shape index (κ3) is 11.6. The van der Waals surface area contributed by atoms with E-state index < -0.39 is 23.5 Å². The number of benzene rings is 10. The van der Waals surface area contributed by atoms with Crippen LogP contribution in [0.4, 0.5) is 57.0 Å². The molecule has 5 nitrogen and oxygen atoms in total. The number of pyridine rings is 1. The Labute approximate surface area is 518 Å². The quantitative estimate of drug-likeness (QED) is 0.135. The normalized spacial score (nSPS) is 13.2. The summed E-state index contributed by atoms with van der Waals surface area (Å²) in [5.74, 6) is 0.827. The number of nitrogens with zero attached hydrogens (tertiary/aromatic N) is 3. The summed E-state index contributed by atoms with van der Waals surface area (Å²) in [4.78, 5) is 9.82. The van der Waals surface area contributed by atoms with E-state index >= 15 is 0 Å². The fourth-order valence-corrected chi connectivity index (χ4v) is 11.6. The summed E-state index contributed by atoms with van der Waals surface area (Å²) in [6.45, 7) is 26.5. The number of rotatable bonds is 11. The zero-order valence-corrected chi connectivity index (χ0v) is 51.6. The van der Waals surface area contributed by atoms with Crippen LogP contribution in [0, 0.1) is 0 Å². The molecule has 0 radical (unpaired) electrons. The molecule has 2 heterocycles. The lowest BCUT2D eigenvalue weighted by atomic mass is 9.77. The van der Waals surface area contributed by atoms with Crippen molar-refractivity contribution in [2.45, 2.75) is 105 Å². The van der Waals surface area contributed by atoms with E-state index in [0.29, 0.717) is 16.9 Å². The van der Waals surface area contributed by atoms with Crippen LogP contribution in [0.5, 0.6) is 0 Å². The molecule has 428 valence electrons. The van der Waals surface area contributed by atoms with Crippen LogP contribution >= 0.6 is 0 Å². The number of nitrogens with one attached hydrogen (secondary N) is 2. The van der Waals surface area contributed by atoms with Crippen LogP contribution in [0.15, 0.2) is 249 Å². The average Bonchev–Trinajstić information content (AvgIpc) is 1.76. The number of anilines is 10. The zero-order valence-electron chi connectivity index (χ0n) is 56.6. The minimum absolute atomic E-state index is 0.125. The topological polar surface area (TPSA) is 43.4 Å². The zero-order chi connectivity index (χ0) is 64.5. The average molecular weight is 1130 g/mol. The van der Waals surface area contributed by atoms with Crippen LogP contribution in [-0.4, -0.2) is 4.98 Å². The standard InChI is InChI=1S/C81H79N5/c1-78(2,3)58-42-43-82-76(51-58)86-74-39-27-24-36-68(74)66-34-22-23-35-67(66)69-41-40-64(53-75(69)86)85(63-32-20-15-21-33-63)65-47-56(54-28-16-13-17-29-54)46-62(52-65)83-72-37-25-26-38-73(72)84-77-70(55-30-18-14-19-31-55)49-61(81(10,11)12)50-71(77)57-44-59(79(4,5)6)48-60(45-57)80(7,8)9/h13-53,83-84H,1-12H3/i14D,18D,19D,30D,31D. The Morgan fingerprint density at radius 1 is 0.360 bits per heavy atom. The maximum absolute atomic E-state index is 9.51. The SMILES string of the molecule is [2H]c1c([2H])c([2H])c(-c2cc(C(C)(C)C)cc(-c3cc(C(C)(C)C)cc(C(C)(C)C)c3)c2Nc2ccccc2Nc2cc(-c3ccccc3)cc(N(c3ccccc3)c3ccc4c(c3)N(c3cc(C(C)(C)C)ccn3)c3ccccc3-c3ccccc3-4)c2)c([2H])c1[2H]. The third-order valence-corrected chi connectivity index (χ3v) is 16.5. The molecule has 1 aliphatic rings. The van der Waals surface area contributed by atoms with E-state index in [9.17, 15) is 2.74 Å². The second kappa shape index (κ2) is 22.5. The van der Waals surface area contributed by atoms with Crippen molar-refractivity contribution >= 4 is 57.0 Å². The van der Waals surface area contributed by atoms with E-state index in [4.69, 9.17) is 9.10 Å². The maximum atomic E-state index is 9.51. The first-order valence-electron chi connectivity index (χ1n) is 32.4. The second-order valence-electron chi connectivity index (χ2n) is 26.8. The van der Waals surface area contributed by atoms with E-state index in [1.165, 1.54) is 5.56 Å². The van der Waals surface area contributed by atoms with Gasteiger partial charge in [-0.2, -0.15) is 0 Å². The van der Waals surface area contributed by atoms with Crippen molar-refractivity contribution in [3.05, 3.63) is 271 Å². The number of para-hydroxylation sites is 4. The highest BCUT2D eigenvalue weighted by molar-refractivity contribution is 6.04. The molecule has 86 heavy (non-hydrogen) atoms. The van der Waals surface area contributed by atoms with Gasteiger partial charge in [-0.15, -0.1) is 0 Å². The number of fused-ring (bicyclic) bond motifs is 5. The van der Waals surface area contributed by atoms with Gasteiger partial charge in [0, 0.05) is 51.2 Å². The Morgan fingerprint density at radius 3 is 1.52 bits per heavy atom. The van der Waals surface area contributed by atoms with Gasteiger partial charge in [0.05, 0.1) is 35.3 Å². The van der Waals surface area contributed by atoms with Crippen LogP contribution in [0.25, 0.3) is 55.6 Å². The fourth-order valence-electron chi connectivity index (χ4n) is 11.6. The number of hydrogen-bond acceptors (Lipinski definition) is 5. The van der Waals surface area contributed by atoms with Gasteiger partial charge < -0.3 is 15.5 Å². The molecule has 1 aromatic heterocycles. The van der Waals surface area contributed by atoms with Crippen molar-refractivity contribution in [3.8, 4) is 55.6 Å². The van der Waals surface area contributed by atoms with Gasteiger partial charge in [0.25, 0.3) is 0 Å². The summed E-state index contributed by atoms with van der Waals surface area (Å²) < 4.78 is 45.7. The molecule has 0 bridgehead atoms. The fraction of sp³-hybridized carbons (Fsp3) is 0.198. The predicted octanol–water partition coefficient (Wildman–Crippen LogP) is 23.3. The van der Waals surface area contributed by atoms with Crippen molar-refractivity contribution in [2.24, 2.45) is 0 Å². The minimum atomic E-state index is -0.439. The Bertz CT molecular complexity index is 4530. The monoisotopic (exact) mass is 1130 g/mol. The predicted molar refractivity (Wildman–Crippen MR) is 369 cm³/mol. The van der Waals surface area contributed by atoms with Gasteiger partial charge in [-0.05, 0) is 162 Å². The van der Waals surface area contributed by atoms with Gasteiger partial charge in [0.1, 0.15) is 5.82 Å². The molecule has 0 aliphatic carbocycles. The molecule has 0 spiro atoms. The molecule has 5 heteroatoms. The van der Waals surface area contributed by atoms with Gasteiger partial charge in [-0.25, -0.2) is 4.98 Å². The summed E-state index contributed by atoms with van der Waals surface area (Å²) in [7, 11) is 0. The van der Waals surface area contributed by atoms with E-state index in [0.717, 1.165) is 107 Å². The van der Waals surface area contributed by atoms with E-state index in [2.05, 4.69) is 286 Å². The number of aromatic nitrogens is 1. The smallest absolute Gasteiger partial charge is 0.137 e. The Kier molecular flexibility index (Phi) is 13.4. The third-order valence-electron chi connectivity index (χ3n) is 16.5. The van der Waals surface area contributed by atoms with Crippen LogP contribution in [0.1, 0.15) is 112 Å². The van der Waals surface area contributed by atoms with Crippen LogP contribution < -0.4 is 20.4 Å². The highest BCUT2D eigenvalue weighted by atomic mass is 15.2. The molecule has 1 aliphatic heterocycles. The lowest BCUT2D eigenvalue weighted by Gasteiger charge is -2.31. The Balaban J connectivity index is 1.06. The van der Waals surface area contributed by atoms with Crippen molar-refractivity contribution < 1.29 is 6.85 Å². The van der Waals surface area contributed by atoms with Gasteiger partial charge in [-0.3, -0.25) is 4.90 Å². The first kappa shape index (κ1) is 51.0. The molecule has 0 amide bonds. The summed E-state index contributed by atoms with van der Waals surface area (Å²) >= 11 is 0. The first-order valence-corrected chi connectivity index (χ1v) is 29.9. The summed E-state index contributed by atoms with van der Waals surface area (Å²) in [5.41, 5.74) is 20.2. The highest BCUT2D eigenvalue weighted by Gasteiger charge is 2.31. The van der Waals surface area contributed by atoms with Gasteiger partial charge in [-0.1, -0.05) is 241 Å². The van der Waals surface area contributed by atoms with Gasteiger partial charge in [0.2, 0.25) is 0 Å².